The van der Waals surface area contributed by atoms with E-state index in [4.69, 9.17) is 16.3 Å². The minimum Gasteiger partial charge on any atom is -0.497 e. The average molecular weight is 358 g/mol. The van der Waals surface area contributed by atoms with Gasteiger partial charge in [-0.1, -0.05) is 11.6 Å². The molecule has 7 heteroatoms. The highest BCUT2D eigenvalue weighted by Crippen LogP contribution is 2.23. The van der Waals surface area contributed by atoms with Crippen LogP contribution in [-0.4, -0.2) is 53.4 Å². The fourth-order valence-corrected chi connectivity index (χ4v) is 3.32. The Hall–Kier alpha value is -2.31. The van der Waals surface area contributed by atoms with Crippen LogP contribution in [0.1, 0.15) is 5.69 Å². The Kier molecular flexibility index (Phi) is 4.46. The Morgan fingerprint density at radius 2 is 2.00 bits per heavy atom. The van der Waals surface area contributed by atoms with E-state index in [0.717, 1.165) is 60.9 Å². The number of hydrogen-bond acceptors (Lipinski definition) is 5. The van der Waals surface area contributed by atoms with Crippen molar-refractivity contribution in [2.75, 3.05) is 38.2 Å². The molecule has 0 aliphatic carbocycles. The first-order valence-electron chi connectivity index (χ1n) is 8.33. The van der Waals surface area contributed by atoms with Crippen LogP contribution in [0, 0.1) is 0 Å². The monoisotopic (exact) mass is 357 g/mol. The van der Waals surface area contributed by atoms with Gasteiger partial charge in [0.15, 0.2) is 0 Å². The number of ether oxygens (including phenoxy) is 1. The lowest BCUT2D eigenvalue weighted by molar-refractivity contribution is 0.247. The van der Waals surface area contributed by atoms with Gasteiger partial charge in [-0.25, -0.2) is 4.98 Å². The van der Waals surface area contributed by atoms with Crippen molar-refractivity contribution in [1.82, 2.24) is 20.1 Å². The zero-order chi connectivity index (χ0) is 17.2. The highest BCUT2D eigenvalue weighted by Gasteiger charge is 2.19. The number of fused-ring (bicyclic) bond motifs is 1. The van der Waals surface area contributed by atoms with Gasteiger partial charge in [-0.2, -0.15) is 5.10 Å². The molecule has 6 nitrogen and oxygen atoms in total. The minimum atomic E-state index is 0.671. The van der Waals surface area contributed by atoms with E-state index < -0.39 is 0 Å². The summed E-state index contributed by atoms with van der Waals surface area (Å²) < 4.78 is 5.26. The fraction of sp³-hybridized carbons (Fsp3) is 0.333. The number of pyridine rings is 1. The Labute approximate surface area is 151 Å². The van der Waals surface area contributed by atoms with Gasteiger partial charge in [0.2, 0.25) is 0 Å². The number of piperazine rings is 1. The Balaban J connectivity index is 1.41. The zero-order valence-electron chi connectivity index (χ0n) is 14.1. The molecular formula is C18H20ClN5O. The van der Waals surface area contributed by atoms with Gasteiger partial charge < -0.3 is 9.64 Å². The van der Waals surface area contributed by atoms with Crippen molar-refractivity contribution < 1.29 is 4.74 Å². The predicted molar refractivity (Wildman–Crippen MR) is 99.4 cm³/mol. The second kappa shape index (κ2) is 6.90. The summed E-state index contributed by atoms with van der Waals surface area (Å²) in [4.78, 5) is 9.14. The minimum absolute atomic E-state index is 0.671. The van der Waals surface area contributed by atoms with Crippen molar-refractivity contribution in [3.63, 3.8) is 0 Å². The maximum atomic E-state index is 5.91. The van der Waals surface area contributed by atoms with Crippen molar-refractivity contribution in [3.05, 3.63) is 47.2 Å². The quantitative estimate of drug-likeness (QED) is 0.778. The molecule has 2 aromatic heterocycles. The Bertz CT molecular complexity index is 856. The number of nitrogens with one attached hydrogen (secondary N) is 1. The normalized spacial score (nSPS) is 15.7. The van der Waals surface area contributed by atoms with Crippen LogP contribution in [-0.2, 0) is 6.54 Å². The second-order valence-electron chi connectivity index (χ2n) is 6.18. The molecule has 4 rings (SSSR count). The lowest BCUT2D eigenvalue weighted by atomic mass is 10.2. The standard InChI is InChI=1S/C18H20ClN5O/c1-25-14-3-4-15-16(10-14)21-22-17(15)12-23-6-8-24(9-7-23)18-5-2-13(19)11-20-18/h2-5,10-11H,6-9,12H2,1H3,(H,21,22). The molecule has 0 amide bonds. The van der Waals surface area contributed by atoms with Crippen molar-refractivity contribution in [3.8, 4) is 5.75 Å². The van der Waals surface area contributed by atoms with Crippen molar-refractivity contribution in [2.45, 2.75) is 6.54 Å². The lowest BCUT2D eigenvalue weighted by Crippen LogP contribution is -2.46. The third-order valence-corrected chi connectivity index (χ3v) is 4.85. The fourth-order valence-electron chi connectivity index (χ4n) is 3.21. The van der Waals surface area contributed by atoms with Gasteiger partial charge in [0.05, 0.1) is 23.3 Å². The van der Waals surface area contributed by atoms with E-state index in [2.05, 4.69) is 31.0 Å². The molecule has 25 heavy (non-hydrogen) atoms. The molecule has 0 bridgehead atoms. The number of nitrogens with zero attached hydrogens (tertiary/aromatic N) is 4. The van der Waals surface area contributed by atoms with Gasteiger partial charge >= 0.3 is 0 Å². The molecule has 0 radical (unpaired) electrons. The average Bonchev–Trinajstić information content (AvgIpc) is 3.05. The highest BCUT2D eigenvalue weighted by molar-refractivity contribution is 6.30. The van der Waals surface area contributed by atoms with Crippen LogP contribution in [0.4, 0.5) is 5.82 Å². The lowest BCUT2D eigenvalue weighted by Gasteiger charge is -2.35. The van der Waals surface area contributed by atoms with E-state index in [9.17, 15) is 0 Å². The maximum Gasteiger partial charge on any atom is 0.128 e. The van der Waals surface area contributed by atoms with Crippen molar-refractivity contribution in [2.24, 2.45) is 0 Å². The summed E-state index contributed by atoms with van der Waals surface area (Å²) in [5.41, 5.74) is 2.09. The van der Waals surface area contributed by atoms with Crippen LogP contribution < -0.4 is 9.64 Å². The van der Waals surface area contributed by atoms with E-state index in [1.807, 2.05) is 24.3 Å². The zero-order valence-corrected chi connectivity index (χ0v) is 14.8. The summed E-state index contributed by atoms with van der Waals surface area (Å²) in [5.74, 6) is 1.82. The maximum absolute atomic E-state index is 5.91. The summed E-state index contributed by atoms with van der Waals surface area (Å²) in [6.45, 7) is 4.75. The third kappa shape index (κ3) is 3.41. The van der Waals surface area contributed by atoms with Crippen LogP contribution in [0.5, 0.6) is 5.75 Å². The highest BCUT2D eigenvalue weighted by atomic mass is 35.5. The molecule has 0 spiro atoms. The van der Waals surface area contributed by atoms with Gasteiger partial charge in [0.25, 0.3) is 0 Å². The van der Waals surface area contributed by atoms with E-state index in [0.29, 0.717) is 5.02 Å². The van der Waals surface area contributed by atoms with Crippen LogP contribution >= 0.6 is 11.6 Å². The van der Waals surface area contributed by atoms with Crippen LogP contribution in [0.3, 0.4) is 0 Å². The summed E-state index contributed by atoms with van der Waals surface area (Å²) in [6.07, 6.45) is 1.70. The number of aromatic amines is 1. The molecule has 0 atom stereocenters. The van der Waals surface area contributed by atoms with Gasteiger partial charge in [-0.3, -0.25) is 10.00 Å². The Morgan fingerprint density at radius 1 is 1.16 bits per heavy atom. The molecule has 1 aromatic carbocycles. The molecule has 0 saturated carbocycles. The number of anilines is 1. The first-order chi connectivity index (χ1) is 12.2. The molecule has 1 aliphatic heterocycles. The smallest absolute Gasteiger partial charge is 0.128 e. The SMILES string of the molecule is COc1ccc2c(CN3CCN(c4ccc(Cl)cn4)CC3)[nH]nc2c1. The molecule has 3 aromatic rings. The van der Waals surface area contributed by atoms with Crippen LogP contribution in [0.2, 0.25) is 5.02 Å². The van der Waals surface area contributed by atoms with Gasteiger partial charge in [-0.15, -0.1) is 0 Å². The number of hydrogen-bond donors (Lipinski definition) is 1. The number of H-pyrrole nitrogens is 1. The van der Waals surface area contributed by atoms with Crippen molar-refractivity contribution in [1.29, 1.82) is 0 Å². The first kappa shape index (κ1) is 16.2. The van der Waals surface area contributed by atoms with Crippen molar-refractivity contribution >= 4 is 28.3 Å². The molecular weight excluding hydrogens is 338 g/mol. The van der Waals surface area contributed by atoms with E-state index >= 15 is 0 Å². The van der Waals surface area contributed by atoms with E-state index in [-0.39, 0.29) is 0 Å². The van der Waals surface area contributed by atoms with E-state index in [1.54, 1.807) is 13.3 Å². The molecule has 0 unspecified atom stereocenters. The van der Waals surface area contributed by atoms with Gasteiger partial charge in [0.1, 0.15) is 11.6 Å². The predicted octanol–water partition coefficient (Wildman–Crippen LogP) is 2.94. The number of benzene rings is 1. The number of halogens is 1. The third-order valence-electron chi connectivity index (χ3n) is 4.63. The summed E-state index contributed by atoms with van der Waals surface area (Å²) in [7, 11) is 1.67. The molecule has 1 aliphatic rings. The largest absolute Gasteiger partial charge is 0.497 e. The molecule has 1 N–H and O–H groups in total. The summed E-state index contributed by atoms with van der Waals surface area (Å²) in [5, 5.41) is 9.40. The van der Waals surface area contributed by atoms with E-state index in [1.165, 1.54) is 0 Å². The topological polar surface area (TPSA) is 57.3 Å². The molecule has 130 valence electrons. The summed E-state index contributed by atoms with van der Waals surface area (Å²) >= 11 is 5.91. The number of rotatable bonds is 4. The molecule has 1 fully saturated rings. The molecule has 1 saturated heterocycles. The Morgan fingerprint density at radius 3 is 2.72 bits per heavy atom. The van der Waals surface area contributed by atoms with Crippen LogP contribution in [0.25, 0.3) is 10.9 Å². The van der Waals surface area contributed by atoms with Gasteiger partial charge in [-0.05, 0) is 24.3 Å². The number of aromatic nitrogens is 3. The first-order valence-corrected chi connectivity index (χ1v) is 8.70. The second-order valence-corrected chi connectivity index (χ2v) is 6.62. The molecule has 3 heterocycles. The summed E-state index contributed by atoms with van der Waals surface area (Å²) in [6, 6.07) is 9.88. The number of methoxy groups -OCH3 is 1. The van der Waals surface area contributed by atoms with Gasteiger partial charge in [0, 0.05) is 50.4 Å². The van der Waals surface area contributed by atoms with Crippen LogP contribution in [0.15, 0.2) is 36.5 Å².